The molecule has 0 fully saturated rings. The molecule has 0 atom stereocenters. The van der Waals surface area contributed by atoms with E-state index in [2.05, 4.69) is 5.16 Å². The minimum atomic E-state index is -0.0324. The lowest BCUT2D eigenvalue weighted by Crippen LogP contribution is -2.22. The summed E-state index contributed by atoms with van der Waals surface area (Å²) in [4.78, 5) is 11.6. The summed E-state index contributed by atoms with van der Waals surface area (Å²) in [5, 5.41) is 3.85. The summed E-state index contributed by atoms with van der Waals surface area (Å²) in [6, 6.07) is 0. The summed E-state index contributed by atoms with van der Waals surface area (Å²) in [5.74, 6) is 0.767. The van der Waals surface area contributed by atoms with Crippen LogP contribution in [-0.2, 0) is 13.6 Å². The normalized spacial score (nSPS) is 10.9. The Morgan fingerprint density at radius 1 is 1.40 bits per heavy atom. The number of hydrogen-bond donors (Lipinski definition) is 0. The third-order valence-corrected chi connectivity index (χ3v) is 2.53. The lowest BCUT2D eigenvalue weighted by atomic mass is 10.2. The molecular weight excluding hydrogens is 194 g/mol. The highest BCUT2D eigenvalue weighted by molar-refractivity contribution is 5.21. The van der Waals surface area contributed by atoms with Crippen molar-refractivity contribution in [2.45, 2.75) is 20.4 Å². The van der Waals surface area contributed by atoms with Gasteiger partial charge in [0.05, 0.1) is 12.2 Å². The van der Waals surface area contributed by atoms with Crippen molar-refractivity contribution in [1.82, 2.24) is 14.3 Å². The molecule has 0 bridgehead atoms. The van der Waals surface area contributed by atoms with Crippen molar-refractivity contribution in [3.05, 3.63) is 39.9 Å². The predicted octanol–water partition coefficient (Wildman–Crippen LogP) is 0.840. The first-order valence-corrected chi connectivity index (χ1v) is 4.73. The Kier molecular flexibility index (Phi) is 2.22. The van der Waals surface area contributed by atoms with E-state index in [0.29, 0.717) is 6.54 Å². The molecule has 0 aromatic carbocycles. The lowest BCUT2D eigenvalue weighted by molar-refractivity contribution is 0.392. The van der Waals surface area contributed by atoms with Gasteiger partial charge in [-0.05, 0) is 13.8 Å². The van der Waals surface area contributed by atoms with Crippen LogP contribution in [0.4, 0.5) is 0 Å². The van der Waals surface area contributed by atoms with Crippen molar-refractivity contribution in [3.8, 4) is 0 Å². The molecule has 2 aromatic heterocycles. The Morgan fingerprint density at radius 2 is 2.13 bits per heavy atom. The fraction of sp³-hybridized carbons (Fsp3) is 0.400. The van der Waals surface area contributed by atoms with E-state index < -0.39 is 0 Å². The molecule has 0 radical (unpaired) electrons. The average molecular weight is 207 g/mol. The molecule has 0 saturated heterocycles. The van der Waals surface area contributed by atoms with E-state index in [-0.39, 0.29) is 5.69 Å². The first kappa shape index (κ1) is 9.76. The van der Waals surface area contributed by atoms with Crippen molar-refractivity contribution in [3.63, 3.8) is 0 Å². The van der Waals surface area contributed by atoms with Crippen LogP contribution < -0.4 is 5.69 Å². The van der Waals surface area contributed by atoms with Crippen LogP contribution in [0, 0.1) is 13.8 Å². The third-order valence-electron chi connectivity index (χ3n) is 2.53. The summed E-state index contributed by atoms with van der Waals surface area (Å²) in [6.45, 7) is 4.24. The molecule has 0 spiro atoms. The molecule has 2 heterocycles. The quantitative estimate of drug-likeness (QED) is 0.733. The SMILES string of the molecule is Cc1noc(C)c1Cn1ccn(C)c1=O. The van der Waals surface area contributed by atoms with Gasteiger partial charge in [-0.15, -0.1) is 0 Å². The van der Waals surface area contributed by atoms with Gasteiger partial charge >= 0.3 is 5.69 Å². The Balaban J connectivity index is 2.38. The van der Waals surface area contributed by atoms with Crippen molar-refractivity contribution < 1.29 is 4.52 Å². The van der Waals surface area contributed by atoms with E-state index in [1.807, 2.05) is 13.8 Å². The highest BCUT2D eigenvalue weighted by atomic mass is 16.5. The smallest absolute Gasteiger partial charge is 0.328 e. The van der Waals surface area contributed by atoms with Gasteiger partial charge in [0, 0.05) is 25.0 Å². The first-order valence-electron chi connectivity index (χ1n) is 4.73. The lowest BCUT2D eigenvalue weighted by Gasteiger charge is -1.99. The maximum atomic E-state index is 11.6. The van der Waals surface area contributed by atoms with E-state index in [1.165, 1.54) is 4.57 Å². The standard InChI is InChI=1S/C10H13N3O2/c1-7-9(8(2)15-11-7)6-13-5-4-12(3)10(13)14/h4-5H,6H2,1-3H3. The van der Waals surface area contributed by atoms with Crippen LogP contribution in [0.15, 0.2) is 21.7 Å². The van der Waals surface area contributed by atoms with Crippen LogP contribution in [0.3, 0.4) is 0 Å². The summed E-state index contributed by atoms with van der Waals surface area (Å²) in [7, 11) is 1.73. The molecule has 0 aliphatic carbocycles. The number of imidazole rings is 1. The first-order chi connectivity index (χ1) is 7.09. The molecule has 0 aliphatic rings. The van der Waals surface area contributed by atoms with Gasteiger partial charge in [0.2, 0.25) is 0 Å². The number of rotatable bonds is 2. The second-order valence-electron chi connectivity index (χ2n) is 3.62. The topological polar surface area (TPSA) is 53.0 Å². The molecule has 5 nitrogen and oxygen atoms in total. The molecule has 0 unspecified atom stereocenters. The van der Waals surface area contributed by atoms with Crippen molar-refractivity contribution in [1.29, 1.82) is 0 Å². The molecule has 2 rings (SSSR count). The van der Waals surface area contributed by atoms with E-state index >= 15 is 0 Å². The largest absolute Gasteiger partial charge is 0.361 e. The second kappa shape index (κ2) is 3.42. The third kappa shape index (κ3) is 1.60. The van der Waals surface area contributed by atoms with Gasteiger partial charge in [0.1, 0.15) is 5.76 Å². The average Bonchev–Trinajstić information content (AvgIpc) is 2.68. The van der Waals surface area contributed by atoms with Crippen molar-refractivity contribution >= 4 is 0 Å². The van der Waals surface area contributed by atoms with Crippen LogP contribution in [0.2, 0.25) is 0 Å². The Bertz CT molecular complexity index is 514. The summed E-state index contributed by atoms with van der Waals surface area (Å²) >= 11 is 0. The van der Waals surface area contributed by atoms with Gasteiger partial charge in [0.25, 0.3) is 0 Å². The van der Waals surface area contributed by atoms with Crippen molar-refractivity contribution in [2.75, 3.05) is 0 Å². The monoisotopic (exact) mass is 207 g/mol. The molecule has 0 saturated carbocycles. The van der Waals surface area contributed by atoms with Crippen LogP contribution in [0.1, 0.15) is 17.0 Å². The molecule has 0 aliphatic heterocycles. The Labute approximate surface area is 86.9 Å². The fourth-order valence-corrected chi connectivity index (χ4v) is 1.53. The van der Waals surface area contributed by atoms with Gasteiger partial charge in [-0.25, -0.2) is 4.79 Å². The summed E-state index contributed by atoms with van der Waals surface area (Å²) in [6.07, 6.45) is 3.49. The van der Waals surface area contributed by atoms with Crippen LogP contribution >= 0.6 is 0 Å². The highest BCUT2D eigenvalue weighted by Crippen LogP contribution is 2.12. The number of nitrogens with zero attached hydrogens (tertiary/aromatic N) is 3. The number of aromatic nitrogens is 3. The number of aryl methyl sites for hydroxylation is 3. The van der Waals surface area contributed by atoms with Gasteiger partial charge in [-0.3, -0.25) is 4.57 Å². The summed E-state index contributed by atoms with van der Waals surface area (Å²) in [5.41, 5.74) is 1.78. The number of hydrogen-bond acceptors (Lipinski definition) is 3. The van der Waals surface area contributed by atoms with Gasteiger partial charge in [-0.1, -0.05) is 5.16 Å². The zero-order chi connectivity index (χ0) is 11.0. The molecule has 15 heavy (non-hydrogen) atoms. The van der Waals surface area contributed by atoms with E-state index in [0.717, 1.165) is 17.0 Å². The maximum Gasteiger partial charge on any atom is 0.328 e. The Morgan fingerprint density at radius 3 is 2.60 bits per heavy atom. The fourth-order valence-electron chi connectivity index (χ4n) is 1.53. The zero-order valence-electron chi connectivity index (χ0n) is 9.02. The highest BCUT2D eigenvalue weighted by Gasteiger charge is 2.10. The van der Waals surface area contributed by atoms with E-state index in [9.17, 15) is 4.79 Å². The molecule has 80 valence electrons. The van der Waals surface area contributed by atoms with E-state index in [4.69, 9.17) is 4.52 Å². The maximum absolute atomic E-state index is 11.6. The predicted molar refractivity (Wildman–Crippen MR) is 54.8 cm³/mol. The molecule has 0 N–H and O–H groups in total. The van der Waals surface area contributed by atoms with E-state index in [1.54, 1.807) is 24.0 Å². The second-order valence-corrected chi connectivity index (χ2v) is 3.62. The van der Waals surface area contributed by atoms with Crippen LogP contribution in [0.25, 0.3) is 0 Å². The van der Waals surface area contributed by atoms with Crippen molar-refractivity contribution in [2.24, 2.45) is 7.05 Å². The molecule has 2 aromatic rings. The van der Waals surface area contributed by atoms with Gasteiger partial charge in [0.15, 0.2) is 0 Å². The zero-order valence-corrected chi connectivity index (χ0v) is 9.02. The molecule has 5 heteroatoms. The van der Waals surface area contributed by atoms with Gasteiger partial charge in [-0.2, -0.15) is 0 Å². The summed E-state index contributed by atoms with van der Waals surface area (Å²) < 4.78 is 8.21. The van der Waals surface area contributed by atoms with Crippen LogP contribution in [0.5, 0.6) is 0 Å². The van der Waals surface area contributed by atoms with Gasteiger partial charge < -0.3 is 9.09 Å². The molecular formula is C10H13N3O2. The Hall–Kier alpha value is -1.78. The molecule has 0 amide bonds. The minimum Gasteiger partial charge on any atom is -0.361 e. The van der Waals surface area contributed by atoms with Crippen LogP contribution in [-0.4, -0.2) is 14.3 Å². The minimum absolute atomic E-state index is 0.0324.